The topological polar surface area (TPSA) is 121 Å². The van der Waals surface area contributed by atoms with E-state index in [2.05, 4.69) is 15.1 Å². The molecule has 148 valence electrons. The van der Waals surface area contributed by atoms with E-state index < -0.39 is 0 Å². The molecule has 3 N–H and O–H groups in total. The third-order valence-electron chi connectivity index (χ3n) is 4.90. The Bertz CT molecular complexity index is 1350. The molecule has 4 aromatic heterocycles. The van der Waals surface area contributed by atoms with Crippen LogP contribution in [0.5, 0.6) is 0 Å². The normalized spacial score (nSPS) is 11.3. The average molecular weight is 398 g/mol. The van der Waals surface area contributed by atoms with Gasteiger partial charge in [-0.3, -0.25) is 4.57 Å². The van der Waals surface area contributed by atoms with Gasteiger partial charge in [-0.1, -0.05) is 12.1 Å². The number of aryl methyl sites for hydroxylation is 1. The SMILES string of the molecule is Cn1ncnc1-c1ccc2nc(-c3cccnc3N)n(-c3ccc(CO)cc3)c2n1. The molecule has 0 aliphatic carbocycles. The maximum atomic E-state index is 9.40. The maximum Gasteiger partial charge on any atom is 0.176 e. The monoisotopic (exact) mass is 398 g/mol. The third-order valence-corrected chi connectivity index (χ3v) is 4.90. The highest BCUT2D eigenvalue weighted by atomic mass is 16.3. The number of imidazole rings is 1. The summed E-state index contributed by atoms with van der Waals surface area (Å²) in [7, 11) is 1.82. The van der Waals surface area contributed by atoms with Crippen molar-refractivity contribution in [2.45, 2.75) is 6.61 Å². The number of aliphatic hydroxyl groups excluding tert-OH is 1. The number of aliphatic hydroxyl groups is 1. The number of hydrogen-bond acceptors (Lipinski definition) is 7. The predicted molar refractivity (Wildman–Crippen MR) is 112 cm³/mol. The lowest BCUT2D eigenvalue weighted by Gasteiger charge is -2.11. The Morgan fingerprint density at radius 3 is 2.50 bits per heavy atom. The highest BCUT2D eigenvalue weighted by Crippen LogP contribution is 2.31. The van der Waals surface area contributed by atoms with Crippen LogP contribution in [0.4, 0.5) is 5.82 Å². The molecular weight excluding hydrogens is 380 g/mol. The fraction of sp³-hybridized carbons (Fsp3) is 0.0952. The van der Waals surface area contributed by atoms with E-state index in [-0.39, 0.29) is 6.61 Å². The van der Waals surface area contributed by atoms with Crippen LogP contribution in [0.1, 0.15) is 5.56 Å². The number of benzene rings is 1. The summed E-state index contributed by atoms with van der Waals surface area (Å²) >= 11 is 0. The first-order valence-corrected chi connectivity index (χ1v) is 9.30. The molecule has 0 fully saturated rings. The van der Waals surface area contributed by atoms with Gasteiger partial charge in [0, 0.05) is 18.9 Å². The molecule has 0 radical (unpaired) electrons. The van der Waals surface area contributed by atoms with Crippen molar-refractivity contribution in [1.82, 2.24) is 34.3 Å². The first-order chi connectivity index (χ1) is 14.7. The van der Waals surface area contributed by atoms with Gasteiger partial charge in [0.05, 0.1) is 12.2 Å². The molecule has 0 amide bonds. The summed E-state index contributed by atoms with van der Waals surface area (Å²) in [5.41, 5.74) is 10.6. The second-order valence-corrected chi connectivity index (χ2v) is 6.78. The zero-order chi connectivity index (χ0) is 20.7. The number of hydrogen-bond donors (Lipinski definition) is 2. The van der Waals surface area contributed by atoms with Crippen LogP contribution >= 0.6 is 0 Å². The number of nitrogens with zero attached hydrogens (tertiary/aromatic N) is 7. The second kappa shape index (κ2) is 7.05. The first-order valence-electron chi connectivity index (χ1n) is 9.30. The van der Waals surface area contributed by atoms with E-state index in [0.717, 1.165) is 11.3 Å². The van der Waals surface area contributed by atoms with Gasteiger partial charge < -0.3 is 10.8 Å². The van der Waals surface area contributed by atoms with E-state index in [1.54, 1.807) is 10.9 Å². The molecule has 1 aromatic carbocycles. The van der Waals surface area contributed by atoms with Crippen LogP contribution in [0.2, 0.25) is 0 Å². The number of pyridine rings is 2. The molecule has 0 aliphatic rings. The van der Waals surface area contributed by atoms with Gasteiger partial charge in [0.25, 0.3) is 0 Å². The molecule has 0 bridgehead atoms. The first kappa shape index (κ1) is 18.0. The van der Waals surface area contributed by atoms with E-state index in [9.17, 15) is 5.11 Å². The number of nitrogen functional groups attached to an aromatic ring is 1. The molecule has 0 unspecified atom stereocenters. The zero-order valence-corrected chi connectivity index (χ0v) is 16.1. The van der Waals surface area contributed by atoms with Gasteiger partial charge in [0.2, 0.25) is 0 Å². The van der Waals surface area contributed by atoms with Crippen LogP contribution in [0, 0.1) is 0 Å². The Hall–Kier alpha value is -4.11. The predicted octanol–water partition coefficient (Wildman–Crippen LogP) is 2.35. The summed E-state index contributed by atoms with van der Waals surface area (Å²) in [5.74, 6) is 1.67. The van der Waals surface area contributed by atoms with Gasteiger partial charge in [-0.05, 0) is 42.0 Å². The van der Waals surface area contributed by atoms with Crippen LogP contribution in [0.3, 0.4) is 0 Å². The smallest absolute Gasteiger partial charge is 0.176 e. The minimum Gasteiger partial charge on any atom is -0.392 e. The molecule has 0 spiro atoms. The number of rotatable bonds is 4. The molecule has 30 heavy (non-hydrogen) atoms. The summed E-state index contributed by atoms with van der Waals surface area (Å²) in [4.78, 5) is 18.1. The van der Waals surface area contributed by atoms with Gasteiger partial charge in [0.15, 0.2) is 17.3 Å². The maximum absolute atomic E-state index is 9.40. The Morgan fingerprint density at radius 1 is 0.967 bits per heavy atom. The summed E-state index contributed by atoms with van der Waals surface area (Å²) in [6.45, 7) is -0.0259. The summed E-state index contributed by atoms with van der Waals surface area (Å²) in [6.07, 6.45) is 3.14. The molecule has 0 saturated heterocycles. The summed E-state index contributed by atoms with van der Waals surface area (Å²) in [5, 5.41) is 13.5. The molecular formula is C21H18N8O. The summed E-state index contributed by atoms with van der Waals surface area (Å²) < 4.78 is 3.61. The van der Waals surface area contributed by atoms with E-state index >= 15 is 0 Å². The van der Waals surface area contributed by atoms with Gasteiger partial charge in [-0.2, -0.15) is 5.10 Å². The average Bonchev–Trinajstić information content (AvgIpc) is 3.37. The Morgan fingerprint density at radius 2 is 1.80 bits per heavy atom. The van der Waals surface area contributed by atoms with E-state index in [0.29, 0.717) is 39.9 Å². The molecule has 0 saturated carbocycles. The van der Waals surface area contributed by atoms with Gasteiger partial charge >= 0.3 is 0 Å². The van der Waals surface area contributed by atoms with Crippen molar-refractivity contribution in [3.8, 4) is 28.6 Å². The number of anilines is 1. The number of nitrogens with two attached hydrogens (primary N) is 1. The van der Waals surface area contributed by atoms with E-state index in [1.165, 1.54) is 6.33 Å². The number of fused-ring (bicyclic) bond motifs is 1. The number of aromatic nitrogens is 7. The molecule has 4 heterocycles. The highest BCUT2D eigenvalue weighted by Gasteiger charge is 2.19. The minimum atomic E-state index is -0.0259. The zero-order valence-electron chi connectivity index (χ0n) is 16.1. The van der Waals surface area contributed by atoms with E-state index in [1.807, 2.05) is 60.1 Å². The van der Waals surface area contributed by atoms with Crippen LogP contribution in [0.25, 0.3) is 39.8 Å². The minimum absolute atomic E-state index is 0.0259. The van der Waals surface area contributed by atoms with Crippen molar-refractivity contribution in [1.29, 1.82) is 0 Å². The van der Waals surface area contributed by atoms with Crippen LogP contribution < -0.4 is 5.73 Å². The van der Waals surface area contributed by atoms with Crippen LogP contribution in [0.15, 0.2) is 61.1 Å². The molecule has 5 rings (SSSR count). The van der Waals surface area contributed by atoms with Crippen molar-refractivity contribution in [2.75, 3.05) is 5.73 Å². The quantitative estimate of drug-likeness (QED) is 0.477. The fourth-order valence-electron chi connectivity index (χ4n) is 3.39. The lowest BCUT2D eigenvalue weighted by atomic mass is 10.2. The van der Waals surface area contributed by atoms with E-state index in [4.69, 9.17) is 15.7 Å². The lowest BCUT2D eigenvalue weighted by Crippen LogP contribution is -2.03. The molecule has 9 heteroatoms. The molecule has 0 aliphatic heterocycles. The fourth-order valence-corrected chi connectivity index (χ4v) is 3.39. The van der Waals surface area contributed by atoms with Gasteiger partial charge in [-0.25, -0.2) is 24.6 Å². The molecule has 5 aromatic rings. The van der Waals surface area contributed by atoms with Crippen LogP contribution in [-0.2, 0) is 13.7 Å². The highest BCUT2D eigenvalue weighted by molar-refractivity contribution is 5.84. The van der Waals surface area contributed by atoms with Crippen molar-refractivity contribution in [3.63, 3.8) is 0 Å². The van der Waals surface area contributed by atoms with Gasteiger partial charge in [0.1, 0.15) is 23.4 Å². The molecule has 0 atom stereocenters. The largest absolute Gasteiger partial charge is 0.392 e. The van der Waals surface area contributed by atoms with Crippen LogP contribution in [-0.4, -0.2) is 39.4 Å². The van der Waals surface area contributed by atoms with Crippen molar-refractivity contribution in [3.05, 3.63) is 66.6 Å². The lowest BCUT2D eigenvalue weighted by molar-refractivity contribution is 0.282. The summed E-state index contributed by atoms with van der Waals surface area (Å²) in [6, 6.07) is 15.0. The van der Waals surface area contributed by atoms with Gasteiger partial charge in [-0.15, -0.1) is 0 Å². The Labute approximate surface area is 171 Å². The van der Waals surface area contributed by atoms with Crippen molar-refractivity contribution in [2.24, 2.45) is 7.05 Å². The van der Waals surface area contributed by atoms with Crippen molar-refractivity contribution >= 4 is 17.0 Å². The third kappa shape index (κ3) is 2.88. The standard InChI is InChI=1S/C21H18N8O/c1-28-20(24-12-25-28)16-8-9-17-21(27-16)29(14-6-4-13(11-30)5-7-14)19(26-17)15-3-2-10-23-18(15)22/h2-10,12,30H,11H2,1H3,(H2,22,23). The Balaban J connectivity index is 1.80. The Kier molecular flexibility index (Phi) is 4.22. The van der Waals surface area contributed by atoms with Crippen molar-refractivity contribution < 1.29 is 5.11 Å². The molecule has 9 nitrogen and oxygen atoms in total. The second-order valence-electron chi connectivity index (χ2n) is 6.78.